The van der Waals surface area contributed by atoms with Crippen LogP contribution < -0.4 is 10.2 Å². The molecule has 1 aliphatic rings. The molecule has 1 aromatic heterocycles. The van der Waals surface area contributed by atoms with Crippen LogP contribution in [0.3, 0.4) is 0 Å². The summed E-state index contributed by atoms with van der Waals surface area (Å²) in [5.41, 5.74) is 2.77. The molecule has 33 heavy (non-hydrogen) atoms. The van der Waals surface area contributed by atoms with E-state index in [9.17, 15) is 9.59 Å². The third-order valence-corrected chi connectivity index (χ3v) is 4.94. The van der Waals surface area contributed by atoms with Gasteiger partial charge in [0.25, 0.3) is 0 Å². The highest BCUT2D eigenvalue weighted by molar-refractivity contribution is 5.80. The van der Waals surface area contributed by atoms with E-state index in [-0.39, 0.29) is 5.92 Å². The van der Waals surface area contributed by atoms with Crippen molar-refractivity contribution in [2.45, 2.75) is 71.1 Å². The molecule has 3 rings (SSSR count). The van der Waals surface area contributed by atoms with Crippen LogP contribution in [-0.4, -0.2) is 46.5 Å². The Kier molecular flexibility index (Phi) is 6.86. The second-order valence-corrected chi connectivity index (χ2v) is 10.0. The summed E-state index contributed by atoms with van der Waals surface area (Å²) in [6.07, 6.45) is 3.07. The number of aromatic nitrogens is 1. The summed E-state index contributed by atoms with van der Waals surface area (Å²) < 4.78 is 16.6. The van der Waals surface area contributed by atoms with Crippen LogP contribution in [0.25, 0.3) is 10.9 Å². The molecule has 1 N–H and O–H groups in total. The summed E-state index contributed by atoms with van der Waals surface area (Å²) in [5.74, 6) is 0.191. The molecule has 0 unspecified atom stereocenters. The van der Waals surface area contributed by atoms with E-state index < -0.39 is 29.4 Å². The van der Waals surface area contributed by atoms with E-state index in [1.165, 1.54) is 5.01 Å². The van der Waals surface area contributed by atoms with Gasteiger partial charge in [-0.3, -0.25) is 0 Å². The third-order valence-electron chi connectivity index (χ3n) is 4.94. The van der Waals surface area contributed by atoms with Crippen molar-refractivity contribution in [3.63, 3.8) is 0 Å². The minimum Gasteiger partial charge on any atom is -0.481 e. The number of benzene rings is 1. The first-order valence-corrected chi connectivity index (χ1v) is 11.0. The van der Waals surface area contributed by atoms with Crippen LogP contribution in [0.4, 0.5) is 9.59 Å². The van der Waals surface area contributed by atoms with Crippen molar-refractivity contribution in [1.82, 2.24) is 15.4 Å². The molecule has 0 saturated heterocycles. The van der Waals surface area contributed by atoms with Gasteiger partial charge >= 0.3 is 12.2 Å². The number of amides is 2. The molecule has 0 spiro atoms. The Morgan fingerprint density at radius 3 is 2.36 bits per heavy atom. The van der Waals surface area contributed by atoms with Crippen LogP contribution >= 0.6 is 0 Å². The van der Waals surface area contributed by atoms with Crippen molar-refractivity contribution >= 4 is 23.1 Å². The first kappa shape index (κ1) is 24.4. The number of nitrogens with zero attached hydrogens (tertiary/aromatic N) is 2. The molecule has 0 bridgehead atoms. The summed E-state index contributed by atoms with van der Waals surface area (Å²) in [4.78, 5) is 30.4. The van der Waals surface area contributed by atoms with Crippen molar-refractivity contribution in [2.75, 3.05) is 7.11 Å². The molecular formula is C25H33N3O5. The minimum absolute atomic E-state index is 0.278. The first-order chi connectivity index (χ1) is 15.4. The van der Waals surface area contributed by atoms with Gasteiger partial charge in [-0.25, -0.2) is 25.0 Å². The summed E-state index contributed by atoms with van der Waals surface area (Å²) in [5, 5.41) is 2.18. The quantitative estimate of drug-likeness (QED) is 0.497. The summed E-state index contributed by atoms with van der Waals surface area (Å²) >= 11 is 0. The monoisotopic (exact) mass is 455 g/mol. The number of ether oxygens (including phenoxy) is 3. The highest BCUT2D eigenvalue weighted by atomic mass is 16.6. The third kappa shape index (κ3) is 6.15. The van der Waals surface area contributed by atoms with Crippen LogP contribution in [0.15, 0.2) is 42.5 Å². The van der Waals surface area contributed by atoms with Crippen molar-refractivity contribution in [3.05, 3.63) is 48.0 Å². The zero-order valence-electron chi connectivity index (χ0n) is 20.3. The van der Waals surface area contributed by atoms with Gasteiger partial charge in [0, 0.05) is 16.9 Å². The van der Waals surface area contributed by atoms with Gasteiger partial charge in [-0.05, 0) is 60.1 Å². The molecule has 0 radical (unpaired) electrons. The number of carbonyl (C=O) groups is 2. The topological polar surface area (TPSA) is 90.0 Å². The van der Waals surface area contributed by atoms with Gasteiger partial charge in [0.2, 0.25) is 5.88 Å². The normalized spacial score (nSPS) is 18.2. The number of fused-ring (bicyclic) bond motifs is 1. The average molecular weight is 456 g/mol. The van der Waals surface area contributed by atoms with E-state index in [0.717, 1.165) is 16.5 Å². The molecule has 0 fully saturated rings. The molecule has 2 atom stereocenters. The maximum Gasteiger partial charge on any atom is 0.429 e. The van der Waals surface area contributed by atoms with Gasteiger partial charge in [-0.15, -0.1) is 0 Å². The zero-order chi connectivity index (χ0) is 24.4. The summed E-state index contributed by atoms with van der Waals surface area (Å²) in [7, 11) is 1.57. The number of hydrogen-bond donors (Lipinski definition) is 1. The molecular weight excluding hydrogens is 422 g/mol. The second kappa shape index (κ2) is 9.29. The van der Waals surface area contributed by atoms with E-state index in [0.29, 0.717) is 12.3 Å². The number of methoxy groups -OCH3 is 1. The molecule has 178 valence electrons. The van der Waals surface area contributed by atoms with Crippen LogP contribution in [0.1, 0.15) is 59.4 Å². The lowest BCUT2D eigenvalue weighted by Gasteiger charge is -2.35. The largest absolute Gasteiger partial charge is 0.481 e. The van der Waals surface area contributed by atoms with Crippen molar-refractivity contribution < 1.29 is 23.8 Å². The number of rotatable bonds is 3. The number of hydrazine groups is 1. The number of hydrogen-bond acceptors (Lipinski definition) is 6. The maximum atomic E-state index is 13.1. The highest BCUT2D eigenvalue weighted by Crippen LogP contribution is 2.38. The van der Waals surface area contributed by atoms with Gasteiger partial charge in [0.05, 0.1) is 18.7 Å². The average Bonchev–Trinajstić information content (AvgIpc) is 3.17. The number of pyridine rings is 1. The Morgan fingerprint density at radius 1 is 1.06 bits per heavy atom. The predicted octanol–water partition coefficient (Wildman–Crippen LogP) is 5.33. The van der Waals surface area contributed by atoms with Gasteiger partial charge in [-0.2, -0.15) is 0 Å². The predicted molar refractivity (Wildman–Crippen MR) is 126 cm³/mol. The van der Waals surface area contributed by atoms with Gasteiger partial charge in [0.15, 0.2) is 0 Å². The molecule has 0 saturated carbocycles. The van der Waals surface area contributed by atoms with Crippen LogP contribution in [0, 0.1) is 0 Å². The van der Waals surface area contributed by atoms with E-state index in [1.54, 1.807) is 48.7 Å². The lowest BCUT2D eigenvalue weighted by molar-refractivity contribution is -0.0101. The highest BCUT2D eigenvalue weighted by Gasteiger charge is 2.38. The standard InChI is InChI=1S/C25H33N3O5/c1-24(2,3)32-22(29)27-28(23(30)33-25(4,5)6)20-14-10-12-17(20)18-15-16-11-8-9-13-19(16)26-21(18)31-7/h8-13,15,17,20H,14H2,1-7H3,(H,27,29)/t17-,20+/m0/s1. The van der Waals surface area contributed by atoms with Crippen molar-refractivity contribution in [1.29, 1.82) is 0 Å². The van der Waals surface area contributed by atoms with Gasteiger partial charge < -0.3 is 14.2 Å². The molecule has 1 heterocycles. The smallest absolute Gasteiger partial charge is 0.429 e. The van der Waals surface area contributed by atoms with Crippen LogP contribution in [0.5, 0.6) is 5.88 Å². The van der Waals surface area contributed by atoms with Gasteiger partial charge in [0.1, 0.15) is 11.2 Å². The van der Waals surface area contributed by atoms with E-state index >= 15 is 0 Å². The van der Waals surface area contributed by atoms with E-state index in [4.69, 9.17) is 14.2 Å². The Morgan fingerprint density at radius 2 is 1.73 bits per heavy atom. The molecule has 8 nitrogen and oxygen atoms in total. The molecule has 8 heteroatoms. The molecule has 2 amide bonds. The Bertz CT molecular complexity index is 1050. The second-order valence-electron chi connectivity index (χ2n) is 10.0. The minimum atomic E-state index is -0.741. The Hall–Kier alpha value is -3.29. The summed E-state index contributed by atoms with van der Waals surface area (Å²) in [6, 6.07) is 9.31. The van der Waals surface area contributed by atoms with Crippen LogP contribution in [-0.2, 0) is 9.47 Å². The first-order valence-electron chi connectivity index (χ1n) is 11.0. The molecule has 1 aromatic carbocycles. The lowest BCUT2D eigenvalue weighted by Crippen LogP contribution is -2.55. The number of nitrogens with one attached hydrogen (secondary N) is 1. The zero-order valence-corrected chi connectivity index (χ0v) is 20.3. The molecule has 2 aromatic rings. The van der Waals surface area contributed by atoms with E-state index in [1.807, 2.05) is 42.5 Å². The fourth-order valence-corrected chi connectivity index (χ4v) is 3.71. The lowest BCUT2D eigenvalue weighted by atomic mass is 9.93. The SMILES string of the molecule is COc1nc2ccccc2cc1[C@@H]1C=CC[C@H]1N(NC(=O)OC(C)(C)C)C(=O)OC(C)(C)C. The summed E-state index contributed by atoms with van der Waals surface area (Å²) in [6.45, 7) is 10.6. The van der Waals surface area contributed by atoms with Crippen LogP contribution in [0.2, 0.25) is 0 Å². The van der Waals surface area contributed by atoms with Crippen molar-refractivity contribution in [2.24, 2.45) is 0 Å². The number of carbonyl (C=O) groups excluding carboxylic acids is 2. The van der Waals surface area contributed by atoms with Gasteiger partial charge in [-0.1, -0.05) is 30.4 Å². The Balaban J connectivity index is 1.98. The fraction of sp³-hybridized carbons (Fsp3) is 0.480. The molecule has 1 aliphatic carbocycles. The maximum absolute atomic E-state index is 13.1. The fourth-order valence-electron chi connectivity index (χ4n) is 3.71. The Labute approximate surface area is 194 Å². The van der Waals surface area contributed by atoms with E-state index in [2.05, 4.69) is 10.4 Å². The number of para-hydroxylation sites is 1. The van der Waals surface area contributed by atoms with Crippen molar-refractivity contribution in [3.8, 4) is 5.88 Å². The molecule has 0 aliphatic heterocycles.